The van der Waals surface area contributed by atoms with Gasteiger partial charge in [-0.15, -0.1) is 0 Å². The lowest BCUT2D eigenvalue weighted by atomic mass is 9.93. The van der Waals surface area contributed by atoms with E-state index in [9.17, 15) is 9.59 Å². The van der Waals surface area contributed by atoms with Crippen LogP contribution in [0.25, 0.3) is 6.08 Å². The molecule has 1 aliphatic rings. The van der Waals surface area contributed by atoms with Gasteiger partial charge in [-0.3, -0.25) is 9.36 Å². The van der Waals surface area contributed by atoms with Gasteiger partial charge >= 0.3 is 5.97 Å². The molecule has 0 saturated heterocycles. The Morgan fingerprint density at radius 2 is 1.79 bits per heavy atom. The van der Waals surface area contributed by atoms with Crippen molar-refractivity contribution in [2.45, 2.75) is 19.9 Å². The van der Waals surface area contributed by atoms with Gasteiger partial charge in [-0.2, -0.15) is 0 Å². The molecule has 0 bridgehead atoms. The number of carbonyl (C=O) groups is 1. The number of benzene rings is 2. The van der Waals surface area contributed by atoms with E-state index in [-0.39, 0.29) is 5.56 Å². The summed E-state index contributed by atoms with van der Waals surface area (Å²) in [5.74, 6) is -0.475. The van der Waals surface area contributed by atoms with Crippen molar-refractivity contribution < 1.29 is 9.53 Å². The van der Waals surface area contributed by atoms with Gasteiger partial charge in [0.05, 0.1) is 29.0 Å². The first-order valence-electron chi connectivity index (χ1n) is 9.22. The van der Waals surface area contributed by atoms with Crippen molar-refractivity contribution in [1.29, 1.82) is 0 Å². The maximum absolute atomic E-state index is 13.4. The van der Waals surface area contributed by atoms with Crippen LogP contribution in [0.4, 0.5) is 0 Å². The van der Waals surface area contributed by atoms with Crippen LogP contribution in [0, 0.1) is 6.92 Å². The molecule has 0 amide bonds. The first-order valence-corrected chi connectivity index (χ1v) is 10.0. The molecule has 0 spiro atoms. The summed E-state index contributed by atoms with van der Waals surface area (Å²) in [4.78, 5) is 31.2. The lowest BCUT2D eigenvalue weighted by molar-refractivity contribution is -0.136. The Morgan fingerprint density at radius 3 is 2.48 bits per heavy atom. The smallest absolute Gasteiger partial charge is 0.338 e. The van der Waals surface area contributed by atoms with Crippen LogP contribution in [-0.4, -0.2) is 17.6 Å². The number of esters is 1. The predicted octanol–water partition coefficient (Wildman–Crippen LogP) is 2.72. The van der Waals surface area contributed by atoms with Crippen molar-refractivity contribution in [2.75, 3.05) is 7.11 Å². The summed E-state index contributed by atoms with van der Waals surface area (Å²) in [5, 5.41) is 0. The minimum Gasteiger partial charge on any atom is -0.466 e. The molecule has 29 heavy (non-hydrogen) atoms. The van der Waals surface area contributed by atoms with Crippen LogP contribution in [0.5, 0.6) is 0 Å². The number of rotatable bonds is 3. The highest BCUT2D eigenvalue weighted by Gasteiger charge is 2.33. The largest absolute Gasteiger partial charge is 0.466 e. The van der Waals surface area contributed by atoms with Gasteiger partial charge in [-0.1, -0.05) is 65.9 Å². The minimum absolute atomic E-state index is 0.167. The minimum atomic E-state index is -0.571. The van der Waals surface area contributed by atoms with E-state index in [0.29, 0.717) is 20.6 Å². The fourth-order valence-corrected chi connectivity index (χ4v) is 4.63. The molecule has 1 unspecified atom stereocenters. The van der Waals surface area contributed by atoms with Crippen LogP contribution < -0.4 is 14.9 Å². The standard InChI is InChI=1S/C23H20N2O3S/c1-14-9-7-8-12-17(14)20-19(22(27)28-3)15(2)24-23-25(20)21(26)18(29-23)13-16-10-5-4-6-11-16/h4-13,20H,1-3H3/b18-13-. The van der Waals surface area contributed by atoms with E-state index in [2.05, 4.69) is 4.99 Å². The maximum Gasteiger partial charge on any atom is 0.338 e. The fraction of sp³-hybridized carbons (Fsp3) is 0.174. The monoisotopic (exact) mass is 404 g/mol. The average molecular weight is 404 g/mol. The van der Waals surface area contributed by atoms with Crippen molar-refractivity contribution in [3.8, 4) is 0 Å². The maximum atomic E-state index is 13.4. The lowest BCUT2D eigenvalue weighted by Gasteiger charge is -2.25. The molecule has 1 aromatic heterocycles. The molecule has 146 valence electrons. The van der Waals surface area contributed by atoms with Crippen molar-refractivity contribution in [1.82, 2.24) is 4.57 Å². The number of hydrogen-bond acceptors (Lipinski definition) is 5. The van der Waals surface area contributed by atoms with Gasteiger partial charge in [0, 0.05) is 0 Å². The summed E-state index contributed by atoms with van der Waals surface area (Å²) in [7, 11) is 1.35. The summed E-state index contributed by atoms with van der Waals surface area (Å²) in [5.41, 5.74) is 3.60. The third-order valence-corrected chi connectivity index (χ3v) is 5.99. The number of nitrogens with zero attached hydrogens (tertiary/aromatic N) is 2. The molecule has 2 aromatic carbocycles. The molecule has 1 aliphatic heterocycles. The molecular weight excluding hydrogens is 384 g/mol. The molecule has 3 aromatic rings. The molecule has 4 rings (SSSR count). The normalized spacial score (nSPS) is 16.4. The van der Waals surface area contributed by atoms with E-state index >= 15 is 0 Å². The zero-order valence-corrected chi connectivity index (χ0v) is 17.2. The second kappa shape index (κ2) is 7.64. The van der Waals surface area contributed by atoms with Crippen LogP contribution in [0.3, 0.4) is 0 Å². The van der Waals surface area contributed by atoms with Crippen LogP contribution in [0.1, 0.15) is 29.7 Å². The quantitative estimate of drug-likeness (QED) is 0.631. The number of methoxy groups -OCH3 is 1. The molecule has 1 atom stereocenters. The van der Waals surface area contributed by atoms with E-state index in [1.54, 1.807) is 11.5 Å². The molecule has 0 aliphatic carbocycles. The number of fused-ring (bicyclic) bond motifs is 1. The van der Waals surface area contributed by atoms with Crippen LogP contribution >= 0.6 is 11.3 Å². The topological polar surface area (TPSA) is 60.7 Å². The van der Waals surface area contributed by atoms with Crippen molar-refractivity contribution in [2.24, 2.45) is 4.99 Å². The number of thiazole rings is 1. The molecule has 0 N–H and O–H groups in total. The van der Waals surface area contributed by atoms with Gasteiger partial charge < -0.3 is 4.74 Å². The average Bonchev–Trinajstić information content (AvgIpc) is 3.02. The Bertz CT molecular complexity index is 1300. The number of aryl methyl sites for hydroxylation is 1. The molecule has 0 radical (unpaired) electrons. The SMILES string of the molecule is COC(=O)C1=C(C)N=c2s/c(=C\c3ccccc3)c(=O)n2C1c1ccccc1C. The van der Waals surface area contributed by atoms with E-state index in [1.165, 1.54) is 18.4 Å². The molecule has 0 fully saturated rings. The summed E-state index contributed by atoms with van der Waals surface area (Å²) in [6, 6.07) is 16.9. The number of hydrogen-bond donors (Lipinski definition) is 0. The molecule has 0 saturated carbocycles. The summed E-state index contributed by atoms with van der Waals surface area (Å²) >= 11 is 1.33. The highest BCUT2D eigenvalue weighted by atomic mass is 32.1. The Labute approximate surface area is 171 Å². The highest BCUT2D eigenvalue weighted by Crippen LogP contribution is 2.32. The fourth-order valence-electron chi connectivity index (χ4n) is 3.58. The third-order valence-electron chi connectivity index (χ3n) is 5.01. The Kier molecular flexibility index (Phi) is 5.03. The summed E-state index contributed by atoms with van der Waals surface area (Å²) in [6.07, 6.45) is 1.86. The van der Waals surface area contributed by atoms with E-state index in [0.717, 1.165) is 16.7 Å². The van der Waals surface area contributed by atoms with Gasteiger partial charge in [-0.05, 0) is 36.6 Å². The van der Waals surface area contributed by atoms with E-state index in [4.69, 9.17) is 4.74 Å². The first kappa shape index (κ1) is 19.1. The van der Waals surface area contributed by atoms with E-state index in [1.807, 2.05) is 67.6 Å². The lowest BCUT2D eigenvalue weighted by Crippen LogP contribution is -2.40. The molecular formula is C23H20N2O3S. The summed E-state index contributed by atoms with van der Waals surface area (Å²) in [6.45, 7) is 3.76. The van der Waals surface area contributed by atoms with Gasteiger partial charge in [0.15, 0.2) is 4.80 Å². The van der Waals surface area contributed by atoms with Gasteiger partial charge in [0.2, 0.25) is 0 Å². The number of aromatic nitrogens is 1. The van der Waals surface area contributed by atoms with Crippen molar-refractivity contribution in [3.63, 3.8) is 0 Å². The Morgan fingerprint density at radius 1 is 1.10 bits per heavy atom. The van der Waals surface area contributed by atoms with Crippen LogP contribution in [0.15, 0.2) is 75.7 Å². The predicted molar refractivity (Wildman–Crippen MR) is 113 cm³/mol. The zero-order chi connectivity index (χ0) is 20.5. The third kappa shape index (κ3) is 3.36. The number of ether oxygens (including phenoxy) is 1. The Balaban J connectivity index is 2.02. The van der Waals surface area contributed by atoms with Crippen molar-refractivity contribution in [3.05, 3.63) is 102 Å². The van der Waals surface area contributed by atoms with Crippen LogP contribution in [-0.2, 0) is 9.53 Å². The number of carbonyl (C=O) groups excluding carboxylic acids is 1. The van der Waals surface area contributed by atoms with Crippen LogP contribution in [0.2, 0.25) is 0 Å². The molecule has 2 heterocycles. The van der Waals surface area contributed by atoms with Gasteiger partial charge in [-0.25, -0.2) is 9.79 Å². The highest BCUT2D eigenvalue weighted by molar-refractivity contribution is 7.07. The number of allylic oxidation sites excluding steroid dienone is 1. The van der Waals surface area contributed by atoms with Gasteiger partial charge in [0.25, 0.3) is 5.56 Å². The molecule has 6 heteroatoms. The van der Waals surface area contributed by atoms with Gasteiger partial charge in [0.1, 0.15) is 0 Å². The van der Waals surface area contributed by atoms with Crippen molar-refractivity contribution >= 4 is 23.4 Å². The Hall–Kier alpha value is -3.25. The second-order valence-electron chi connectivity index (χ2n) is 6.84. The second-order valence-corrected chi connectivity index (χ2v) is 7.85. The van der Waals surface area contributed by atoms with E-state index < -0.39 is 12.0 Å². The first-order chi connectivity index (χ1) is 14.0. The zero-order valence-electron chi connectivity index (χ0n) is 16.4. The molecule has 5 nitrogen and oxygen atoms in total. The summed E-state index contributed by atoms with van der Waals surface area (Å²) < 4.78 is 7.22.